The van der Waals surface area contributed by atoms with Gasteiger partial charge in [0.15, 0.2) is 22.7 Å². The first-order valence-corrected chi connectivity index (χ1v) is 28.4. The minimum Gasteiger partial charge on any atom is -0.493 e. The molecule has 2 atom stereocenters. The van der Waals surface area contributed by atoms with Crippen molar-refractivity contribution < 1.29 is 56.4 Å². The van der Waals surface area contributed by atoms with E-state index in [1.165, 1.54) is 54.0 Å². The van der Waals surface area contributed by atoms with Crippen LogP contribution in [0, 0.1) is 45.9 Å². The van der Waals surface area contributed by atoms with E-state index < -0.39 is 66.8 Å². The maximum atomic E-state index is 13.6. The fourth-order valence-electron chi connectivity index (χ4n) is 9.79. The molecule has 0 radical (unpaired) electrons. The predicted octanol–water partition coefficient (Wildman–Crippen LogP) is 3.43. The van der Waals surface area contributed by atoms with Crippen LogP contribution in [0.15, 0.2) is 55.8 Å². The van der Waals surface area contributed by atoms with Crippen molar-refractivity contribution in [2.45, 2.75) is 115 Å². The molecule has 2 aromatic carbocycles. The molecule has 30 heteroatoms. The Labute approximate surface area is 447 Å². The Balaban J connectivity index is 0.000000226. The average molecular weight is 1130 g/mol. The second kappa shape index (κ2) is 25.1. The number of aryl methyl sites for hydroxylation is 4. The molecular weight excluding hydrogens is 1060 g/mol. The van der Waals surface area contributed by atoms with E-state index in [0.29, 0.717) is 82.8 Å². The number of piperidine rings is 2. The maximum absolute atomic E-state index is 13.6. The summed E-state index contributed by atoms with van der Waals surface area (Å²) in [7, 11) is -7.93. The van der Waals surface area contributed by atoms with Crippen LogP contribution in [-0.4, -0.2) is 150 Å². The standard InChI is InChI=1S/2C24H32N6O8S/c2*1-4-6-21-25-15(3)22-24(32)26-23(27-29(21)22)18-13-17(7-8-19(18)37-5-2)39(35,36)28-11-9-16(10-12-28)20(14-31)38-30(33)34/h2*7-8,13,16,20,31H,4-6,9-12,14H2,1-3H3,(H,26,27,32). The number of benzene rings is 2. The summed E-state index contributed by atoms with van der Waals surface area (Å²) in [6.45, 7) is 11.0. The summed E-state index contributed by atoms with van der Waals surface area (Å²) in [5, 5.41) is 47.7. The highest BCUT2D eigenvalue weighted by molar-refractivity contribution is 7.89. The molecule has 0 saturated carbocycles. The van der Waals surface area contributed by atoms with Crippen LogP contribution >= 0.6 is 0 Å². The van der Waals surface area contributed by atoms with Crippen molar-refractivity contribution in [2.75, 3.05) is 52.6 Å². The van der Waals surface area contributed by atoms with E-state index in [2.05, 4.69) is 39.8 Å². The van der Waals surface area contributed by atoms with E-state index in [1.807, 2.05) is 13.8 Å². The van der Waals surface area contributed by atoms with Crippen LogP contribution in [0.1, 0.15) is 89.3 Å². The third-order valence-electron chi connectivity index (χ3n) is 13.6. The lowest BCUT2D eigenvalue weighted by Crippen LogP contribution is -2.43. The predicted molar refractivity (Wildman–Crippen MR) is 279 cm³/mol. The number of nitrogens with zero attached hydrogens (tertiary/aromatic N) is 10. The highest BCUT2D eigenvalue weighted by Crippen LogP contribution is 2.35. The molecule has 0 bridgehead atoms. The number of sulfonamides is 2. The quantitative estimate of drug-likeness (QED) is 0.0559. The molecule has 78 heavy (non-hydrogen) atoms. The van der Waals surface area contributed by atoms with Gasteiger partial charge in [0, 0.05) is 39.0 Å². The second-order valence-corrected chi connectivity index (χ2v) is 22.5. The topological polar surface area (TPSA) is 365 Å². The van der Waals surface area contributed by atoms with Gasteiger partial charge in [0.05, 0.1) is 58.7 Å². The largest absolute Gasteiger partial charge is 0.493 e. The molecule has 2 saturated heterocycles. The number of H-pyrrole nitrogens is 2. The van der Waals surface area contributed by atoms with Gasteiger partial charge < -0.3 is 39.3 Å². The third kappa shape index (κ3) is 12.6. The molecular formula is C48H64N12O16S2. The summed E-state index contributed by atoms with van der Waals surface area (Å²) >= 11 is 0. The van der Waals surface area contributed by atoms with Crippen LogP contribution < -0.4 is 20.6 Å². The third-order valence-corrected chi connectivity index (χ3v) is 17.4. The molecule has 2 aliphatic heterocycles. The van der Waals surface area contributed by atoms with E-state index in [4.69, 9.17) is 9.47 Å². The monoisotopic (exact) mass is 1130 g/mol. The van der Waals surface area contributed by atoms with Gasteiger partial charge in [0.25, 0.3) is 21.3 Å². The molecule has 6 aromatic rings. The minimum absolute atomic E-state index is 0.0157. The van der Waals surface area contributed by atoms with Gasteiger partial charge in [-0.2, -0.15) is 8.61 Å². The fraction of sp³-hybridized carbons (Fsp3) is 0.542. The Morgan fingerprint density at radius 1 is 0.641 bits per heavy atom. The number of hydrogen-bond acceptors (Lipinski definition) is 20. The van der Waals surface area contributed by atoms with Gasteiger partial charge in [-0.3, -0.25) is 9.59 Å². The molecule has 6 heterocycles. The van der Waals surface area contributed by atoms with E-state index in [1.54, 1.807) is 27.7 Å². The molecule has 2 aliphatic rings. The Bertz CT molecular complexity index is 3250. The van der Waals surface area contributed by atoms with E-state index >= 15 is 0 Å². The first-order valence-electron chi connectivity index (χ1n) is 25.6. The number of aliphatic hydroxyl groups excluding tert-OH is 2. The van der Waals surface area contributed by atoms with Gasteiger partial charge in [-0.25, -0.2) is 35.8 Å². The molecule has 0 amide bonds. The van der Waals surface area contributed by atoms with Gasteiger partial charge in [0.1, 0.15) is 35.4 Å². The van der Waals surface area contributed by atoms with Crippen molar-refractivity contribution in [2.24, 2.45) is 11.8 Å². The van der Waals surface area contributed by atoms with Crippen molar-refractivity contribution in [1.82, 2.24) is 47.8 Å². The van der Waals surface area contributed by atoms with Gasteiger partial charge >= 0.3 is 0 Å². The van der Waals surface area contributed by atoms with Crippen LogP contribution in [0.3, 0.4) is 0 Å². The van der Waals surface area contributed by atoms with Crippen LogP contribution in [0.2, 0.25) is 0 Å². The van der Waals surface area contributed by atoms with Crippen LogP contribution in [0.25, 0.3) is 33.8 Å². The molecule has 4 N–H and O–H groups in total. The number of hydrogen-bond donors (Lipinski definition) is 4. The van der Waals surface area contributed by atoms with E-state index in [-0.39, 0.29) is 85.1 Å². The molecule has 424 valence electrons. The first-order chi connectivity index (χ1) is 37.2. The number of rotatable bonds is 22. The Kier molecular flexibility index (Phi) is 18.9. The molecule has 0 spiro atoms. The molecule has 8 rings (SSSR count). The molecule has 2 unspecified atom stereocenters. The molecule has 0 aliphatic carbocycles. The van der Waals surface area contributed by atoms with Crippen molar-refractivity contribution in [1.29, 1.82) is 0 Å². The lowest BCUT2D eigenvalue weighted by Gasteiger charge is -2.33. The number of imidazole rings is 2. The lowest BCUT2D eigenvalue weighted by atomic mass is 9.92. The Morgan fingerprint density at radius 3 is 1.31 bits per heavy atom. The highest BCUT2D eigenvalue weighted by atomic mass is 32.2. The molecule has 2 fully saturated rings. The maximum Gasteiger partial charge on any atom is 0.294 e. The van der Waals surface area contributed by atoms with Gasteiger partial charge in [-0.15, -0.1) is 30.4 Å². The first kappa shape index (κ1) is 58.6. The highest BCUT2D eigenvalue weighted by Gasteiger charge is 2.36. The van der Waals surface area contributed by atoms with Crippen LogP contribution in [0.5, 0.6) is 11.5 Å². The fourth-order valence-corrected chi connectivity index (χ4v) is 12.8. The van der Waals surface area contributed by atoms with Gasteiger partial charge in [-0.05, 0) is 114 Å². The zero-order chi connectivity index (χ0) is 56.6. The zero-order valence-corrected chi connectivity index (χ0v) is 45.6. The number of nitrogens with one attached hydrogen (secondary N) is 2. The minimum atomic E-state index is -3.97. The number of fused-ring (bicyclic) bond motifs is 2. The van der Waals surface area contributed by atoms with Gasteiger partial charge in [0.2, 0.25) is 20.0 Å². The van der Waals surface area contributed by atoms with Gasteiger partial charge in [-0.1, -0.05) is 13.8 Å². The summed E-state index contributed by atoms with van der Waals surface area (Å²) in [5.74, 6) is 1.53. The summed E-state index contributed by atoms with van der Waals surface area (Å²) in [4.78, 5) is 71.0. The average Bonchev–Trinajstić information content (AvgIpc) is 4.02. The van der Waals surface area contributed by atoms with Crippen molar-refractivity contribution in [3.63, 3.8) is 0 Å². The number of aliphatic hydroxyl groups is 2. The molecule has 4 aromatic heterocycles. The smallest absolute Gasteiger partial charge is 0.294 e. The summed E-state index contributed by atoms with van der Waals surface area (Å²) < 4.78 is 71.4. The van der Waals surface area contributed by atoms with Crippen LogP contribution in [0.4, 0.5) is 0 Å². The zero-order valence-electron chi connectivity index (χ0n) is 44.0. The summed E-state index contributed by atoms with van der Waals surface area (Å²) in [5.41, 5.74) is 1.57. The Hall–Kier alpha value is -7.12. The Morgan fingerprint density at radius 2 is 1.00 bits per heavy atom. The van der Waals surface area contributed by atoms with E-state index in [9.17, 15) is 56.9 Å². The normalized spacial score (nSPS) is 15.9. The van der Waals surface area contributed by atoms with Crippen LogP contribution in [-0.2, 0) is 42.6 Å². The number of aromatic amines is 2. The number of ether oxygens (including phenoxy) is 2. The molecule has 28 nitrogen and oxygen atoms in total. The number of aromatic nitrogens is 8. The van der Waals surface area contributed by atoms with E-state index in [0.717, 1.165) is 12.8 Å². The van der Waals surface area contributed by atoms with Crippen molar-refractivity contribution in [3.05, 3.63) is 100 Å². The van der Waals surface area contributed by atoms with Crippen molar-refractivity contribution in [3.8, 4) is 34.3 Å². The lowest BCUT2D eigenvalue weighted by molar-refractivity contribution is -0.771. The van der Waals surface area contributed by atoms with Crippen molar-refractivity contribution >= 4 is 31.1 Å². The summed E-state index contributed by atoms with van der Waals surface area (Å²) in [6.07, 6.45) is 1.94. The SMILES string of the molecule is CCCc1nc(C)c2c(=O)[nH]c(-c3cc(S(=O)(=O)N4CCC(C(CO)O[N+](=O)[O-])CC4)ccc3OCC)nn12.CCCc1nc(C)c2c(=O)[nH]c(-c3cc(S(=O)(=O)N4CCC(C(CO)O[N+](=O)[O-])CC4)ccc3OCC)nn12. The summed E-state index contributed by atoms with van der Waals surface area (Å²) in [6, 6.07) is 8.77. The second-order valence-electron chi connectivity index (χ2n) is 18.6.